The molecule has 0 radical (unpaired) electrons. The van der Waals surface area contributed by atoms with Crippen LogP contribution in [0.3, 0.4) is 0 Å². The largest absolute Gasteiger partial charge is 0.444 e. The number of hydrogen-bond acceptors (Lipinski definition) is 3. The maximum atomic E-state index is 14.6. The number of ether oxygens (including phenoxy) is 2. The Kier molecular flexibility index (Phi) is 4.08. The molecular formula is C19H18ClF2NO2. The van der Waals surface area contributed by atoms with E-state index in [9.17, 15) is 8.78 Å². The summed E-state index contributed by atoms with van der Waals surface area (Å²) in [4.78, 5) is 0. The fraction of sp³-hybridized carbons (Fsp3) is 0.368. The van der Waals surface area contributed by atoms with Gasteiger partial charge in [-0.05, 0) is 62.2 Å². The molecular weight excluding hydrogens is 348 g/mol. The number of fused-ring (bicyclic) bond motifs is 1. The van der Waals surface area contributed by atoms with E-state index in [1.54, 1.807) is 13.0 Å². The molecule has 0 bridgehead atoms. The van der Waals surface area contributed by atoms with Gasteiger partial charge in [0.15, 0.2) is 11.5 Å². The van der Waals surface area contributed by atoms with Crippen LogP contribution >= 0.6 is 11.6 Å². The summed E-state index contributed by atoms with van der Waals surface area (Å²) in [6.45, 7) is 3.29. The SMILES string of the molecule is CC1(c2ccc(Cl)cc2F)Oc2ccc(F)c(C3CCNCC3)c2O1. The van der Waals surface area contributed by atoms with Crippen LogP contribution in [0.4, 0.5) is 8.78 Å². The lowest BCUT2D eigenvalue weighted by molar-refractivity contribution is -0.0712. The third-order valence-corrected chi connectivity index (χ3v) is 5.11. The average molecular weight is 366 g/mol. The number of nitrogens with one attached hydrogen (secondary N) is 1. The molecule has 2 aliphatic heterocycles. The van der Waals surface area contributed by atoms with Gasteiger partial charge in [0.25, 0.3) is 5.79 Å². The van der Waals surface area contributed by atoms with Crippen molar-refractivity contribution >= 4 is 11.6 Å². The Morgan fingerprint density at radius 3 is 2.56 bits per heavy atom. The molecule has 1 N–H and O–H groups in total. The first-order valence-electron chi connectivity index (χ1n) is 8.34. The highest BCUT2D eigenvalue weighted by molar-refractivity contribution is 6.30. The smallest absolute Gasteiger partial charge is 0.278 e. The third-order valence-electron chi connectivity index (χ3n) is 4.88. The van der Waals surface area contributed by atoms with E-state index in [-0.39, 0.29) is 17.3 Å². The molecule has 2 heterocycles. The summed E-state index contributed by atoms with van der Waals surface area (Å²) < 4.78 is 40.8. The first kappa shape index (κ1) is 16.6. The lowest BCUT2D eigenvalue weighted by Crippen LogP contribution is -2.33. The van der Waals surface area contributed by atoms with Crippen molar-refractivity contribution in [2.24, 2.45) is 0 Å². The van der Waals surface area contributed by atoms with Gasteiger partial charge in [-0.1, -0.05) is 11.6 Å². The minimum absolute atomic E-state index is 0.0530. The second kappa shape index (κ2) is 6.15. The topological polar surface area (TPSA) is 30.5 Å². The standard InChI is InChI=1S/C19H18ClF2NO2/c1-19(13-3-2-12(20)10-15(13)22)24-16-5-4-14(21)17(18(16)25-19)11-6-8-23-9-7-11/h2-5,10-11,23H,6-9H2,1H3. The van der Waals surface area contributed by atoms with E-state index in [4.69, 9.17) is 21.1 Å². The van der Waals surface area contributed by atoms with Gasteiger partial charge in [-0.15, -0.1) is 0 Å². The molecule has 2 aliphatic rings. The van der Waals surface area contributed by atoms with Crippen LogP contribution in [0.1, 0.15) is 36.8 Å². The third kappa shape index (κ3) is 2.85. The summed E-state index contributed by atoms with van der Waals surface area (Å²) in [5.74, 6) is -1.32. The van der Waals surface area contributed by atoms with Crippen LogP contribution < -0.4 is 14.8 Å². The van der Waals surface area contributed by atoms with Crippen molar-refractivity contribution in [1.82, 2.24) is 5.32 Å². The van der Waals surface area contributed by atoms with E-state index in [0.29, 0.717) is 22.1 Å². The molecule has 0 amide bonds. The molecule has 0 saturated carbocycles. The molecule has 132 valence electrons. The van der Waals surface area contributed by atoms with Crippen LogP contribution in [0.15, 0.2) is 30.3 Å². The zero-order valence-corrected chi connectivity index (χ0v) is 14.5. The Balaban J connectivity index is 1.75. The number of benzene rings is 2. The molecule has 2 aromatic carbocycles. The zero-order chi connectivity index (χ0) is 17.6. The number of rotatable bonds is 2. The molecule has 1 unspecified atom stereocenters. The minimum Gasteiger partial charge on any atom is -0.444 e. The van der Waals surface area contributed by atoms with Crippen LogP contribution in [0.5, 0.6) is 11.5 Å². The Bertz CT molecular complexity index is 823. The molecule has 0 aromatic heterocycles. The van der Waals surface area contributed by atoms with Crippen LogP contribution in [0, 0.1) is 11.6 Å². The first-order valence-corrected chi connectivity index (χ1v) is 8.72. The Morgan fingerprint density at radius 1 is 1.08 bits per heavy atom. The lowest BCUT2D eigenvalue weighted by Gasteiger charge is -2.26. The second-order valence-electron chi connectivity index (χ2n) is 6.59. The Morgan fingerprint density at radius 2 is 1.84 bits per heavy atom. The summed E-state index contributed by atoms with van der Waals surface area (Å²) in [6.07, 6.45) is 1.64. The predicted molar refractivity (Wildman–Crippen MR) is 91.3 cm³/mol. The normalized spacial score (nSPS) is 23.0. The van der Waals surface area contributed by atoms with E-state index < -0.39 is 11.6 Å². The number of halogens is 3. The van der Waals surface area contributed by atoms with E-state index >= 15 is 0 Å². The van der Waals surface area contributed by atoms with E-state index in [1.807, 2.05) is 0 Å². The van der Waals surface area contributed by atoms with Gasteiger partial charge >= 0.3 is 0 Å². The molecule has 3 nitrogen and oxygen atoms in total. The van der Waals surface area contributed by atoms with Crippen molar-refractivity contribution in [2.45, 2.75) is 31.5 Å². The summed E-state index contributed by atoms with van der Waals surface area (Å²) >= 11 is 5.83. The van der Waals surface area contributed by atoms with Gasteiger partial charge in [-0.2, -0.15) is 0 Å². The van der Waals surface area contributed by atoms with Gasteiger partial charge in [0.1, 0.15) is 11.6 Å². The zero-order valence-electron chi connectivity index (χ0n) is 13.7. The molecule has 1 fully saturated rings. The van der Waals surface area contributed by atoms with Crippen molar-refractivity contribution in [3.63, 3.8) is 0 Å². The van der Waals surface area contributed by atoms with Crippen molar-refractivity contribution in [3.05, 3.63) is 58.1 Å². The highest BCUT2D eigenvalue weighted by Gasteiger charge is 2.43. The van der Waals surface area contributed by atoms with Crippen molar-refractivity contribution in [1.29, 1.82) is 0 Å². The van der Waals surface area contributed by atoms with Gasteiger partial charge in [-0.3, -0.25) is 0 Å². The molecule has 6 heteroatoms. The molecule has 1 atom stereocenters. The highest BCUT2D eigenvalue weighted by atomic mass is 35.5. The monoisotopic (exact) mass is 365 g/mol. The molecule has 4 rings (SSSR count). The lowest BCUT2D eigenvalue weighted by atomic mass is 9.89. The van der Waals surface area contributed by atoms with Crippen molar-refractivity contribution < 1.29 is 18.3 Å². The average Bonchev–Trinajstić information content (AvgIpc) is 2.92. The first-order chi connectivity index (χ1) is 12.0. The van der Waals surface area contributed by atoms with Gasteiger partial charge in [0.2, 0.25) is 0 Å². The van der Waals surface area contributed by atoms with Crippen LogP contribution in [-0.2, 0) is 5.79 Å². The maximum absolute atomic E-state index is 14.6. The Hall–Kier alpha value is -1.85. The maximum Gasteiger partial charge on any atom is 0.278 e. The van der Waals surface area contributed by atoms with Gasteiger partial charge in [0.05, 0.1) is 5.56 Å². The molecule has 1 saturated heterocycles. The number of hydrogen-bond donors (Lipinski definition) is 1. The fourth-order valence-corrected chi connectivity index (χ4v) is 3.78. The van der Waals surface area contributed by atoms with Gasteiger partial charge < -0.3 is 14.8 Å². The van der Waals surface area contributed by atoms with Crippen molar-refractivity contribution in [3.8, 4) is 11.5 Å². The van der Waals surface area contributed by atoms with Crippen LogP contribution in [-0.4, -0.2) is 13.1 Å². The van der Waals surface area contributed by atoms with E-state index in [2.05, 4.69) is 5.32 Å². The van der Waals surface area contributed by atoms with Gasteiger partial charge in [0, 0.05) is 17.5 Å². The molecule has 0 aliphatic carbocycles. The quantitative estimate of drug-likeness (QED) is 0.834. The van der Waals surface area contributed by atoms with Crippen LogP contribution in [0.2, 0.25) is 5.02 Å². The summed E-state index contributed by atoms with van der Waals surface area (Å²) in [6, 6.07) is 7.25. The summed E-state index contributed by atoms with van der Waals surface area (Å²) in [5.41, 5.74) is 0.752. The predicted octanol–water partition coefficient (Wildman–Crippen LogP) is 4.73. The fourth-order valence-electron chi connectivity index (χ4n) is 3.63. The van der Waals surface area contributed by atoms with Crippen LogP contribution in [0.25, 0.3) is 0 Å². The second-order valence-corrected chi connectivity index (χ2v) is 7.02. The summed E-state index contributed by atoms with van der Waals surface area (Å²) in [5, 5.41) is 3.56. The van der Waals surface area contributed by atoms with E-state index in [0.717, 1.165) is 25.9 Å². The van der Waals surface area contributed by atoms with E-state index in [1.165, 1.54) is 24.3 Å². The minimum atomic E-state index is -1.35. The Labute approximate surface area is 149 Å². The summed E-state index contributed by atoms with van der Waals surface area (Å²) in [7, 11) is 0. The van der Waals surface area contributed by atoms with Gasteiger partial charge in [-0.25, -0.2) is 8.78 Å². The molecule has 0 spiro atoms. The molecule has 25 heavy (non-hydrogen) atoms. The highest BCUT2D eigenvalue weighted by Crippen LogP contribution is 2.50. The van der Waals surface area contributed by atoms with Crippen molar-refractivity contribution in [2.75, 3.05) is 13.1 Å². The molecule has 2 aromatic rings. The number of piperidine rings is 1.